The van der Waals surface area contributed by atoms with Crippen LogP contribution in [0, 0.1) is 10.8 Å². The summed E-state index contributed by atoms with van der Waals surface area (Å²) in [6.07, 6.45) is 3.58. The van der Waals surface area contributed by atoms with Crippen LogP contribution < -0.4 is 5.32 Å². The van der Waals surface area contributed by atoms with E-state index in [9.17, 15) is 9.59 Å². The van der Waals surface area contributed by atoms with Gasteiger partial charge in [0, 0.05) is 50.8 Å². The summed E-state index contributed by atoms with van der Waals surface area (Å²) in [6, 6.07) is 0. The third-order valence-electron chi connectivity index (χ3n) is 6.16. The lowest BCUT2D eigenvalue weighted by molar-refractivity contribution is -0.147. The van der Waals surface area contributed by atoms with Crippen LogP contribution in [0.3, 0.4) is 0 Å². The van der Waals surface area contributed by atoms with Crippen LogP contribution in [0.1, 0.15) is 61.8 Å². The second kappa shape index (κ2) is 9.47. The van der Waals surface area contributed by atoms with Gasteiger partial charge in [-0.3, -0.25) is 14.3 Å². The minimum absolute atomic E-state index is 0.0201. The molecule has 1 amide bonds. The summed E-state index contributed by atoms with van der Waals surface area (Å²) >= 11 is 0. The second-order valence-corrected chi connectivity index (χ2v) is 9.31. The first-order chi connectivity index (χ1) is 14.3. The summed E-state index contributed by atoms with van der Waals surface area (Å²) in [5.74, 6) is -0.304. The number of nitrogens with zero attached hydrogens (tertiary/aromatic N) is 2. The molecule has 0 bridgehead atoms. The fourth-order valence-corrected chi connectivity index (χ4v) is 4.34. The first-order valence-corrected chi connectivity index (χ1v) is 10.9. The summed E-state index contributed by atoms with van der Waals surface area (Å²) in [4.78, 5) is 24.8. The molecule has 30 heavy (non-hydrogen) atoms. The van der Waals surface area contributed by atoms with E-state index in [4.69, 9.17) is 19.3 Å². The van der Waals surface area contributed by atoms with E-state index in [-0.39, 0.29) is 29.1 Å². The van der Waals surface area contributed by atoms with Crippen molar-refractivity contribution in [2.24, 2.45) is 10.8 Å². The number of fused-ring (bicyclic) bond motifs is 1. The van der Waals surface area contributed by atoms with Crippen molar-refractivity contribution in [3.05, 3.63) is 17.0 Å². The molecule has 0 saturated carbocycles. The number of amides is 1. The van der Waals surface area contributed by atoms with Crippen LogP contribution >= 0.6 is 0 Å². The molecule has 1 saturated heterocycles. The molecule has 0 aliphatic carbocycles. The van der Waals surface area contributed by atoms with Crippen LogP contribution in [-0.2, 0) is 38.4 Å². The predicted octanol–water partition coefficient (Wildman–Crippen LogP) is 2.13. The monoisotopic (exact) mass is 421 g/mol. The van der Waals surface area contributed by atoms with Gasteiger partial charge in [-0.1, -0.05) is 13.8 Å². The van der Waals surface area contributed by atoms with Gasteiger partial charge < -0.3 is 19.5 Å². The zero-order chi connectivity index (χ0) is 21.8. The Morgan fingerprint density at radius 3 is 2.73 bits per heavy atom. The SMILES string of the molecule is CCn1nc(CC(C)(C)COC(=O)CCOC)c2c1C(=O)NCC1(CCOCC1)C2. The highest BCUT2D eigenvalue weighted by Crippen LogP contribution is 2.38. The summed E-state index contributed by atoms with van der Waals surface area (Å²) in [5.41, 5.74) is 2.39. The van der Waals surface area contributed by atoms with E-state index in [0.29, 0.717) is 38.4 Å². The summed E-state index contributed by atoms with van der Waals surface area (Å²) in [7, 11) is 1.56. The number of rotatable bonds is 8. The van der Waals surface area contributed by atoms with E-state index >= 15 is 0 Å². The largest absolute Gasteiger partial charge is 0.465 e. The summed E-state index contributed by atoms with van der Waals surface area (Å²) in [5, 5.41) is 7.94. The molecule has 168 valence electrons. The molecule has 1 aromatic rings. The van der Waals surface area contributed by atoms with Crippen LogP contribution in [0.5, 0.6) is 0 Å². The Morgan fingerprint density at radius 2 is 2.07 bits per heavy atom. The summed E-state index contributed by atoms with van der Waals surface area (Å²) < 4.78 is 17.8. The van der Waals surface area contributed by atoms with Gasteiger partial charge in [-0.25, -0.2) is 0 Å². The molecule has 2 aliphatic heterocycles. The number of hydrogen-bond acceptors (Lipinski definition) is 6. The van der Waals surface area contributed by atoms with Gasteiger partial charge in [-0.05, 0) is 31.6 Å². The van der Waals surface area contributed by atoms with E-state index in [1.54, 1.807) is 7.11 Å². The van der Waals surface area contributed by atoms with Crippen molar-refractivity contribution < 1.29 is 23.8 Å². The van der Waals surface area contributed by atoms with Crippen molar-refractivity contribution in [1.82, 2.24) is 15.1 Å². The number of esters is 1. The molecule has 0 unspecified atom stereocenters. The van der Waals surface area contributed by atoms with Gasteiger partial charge in [-0.15, -0.1) is 0 Å². The highest BCUT2D eigenvalue weighted by atomic mass is 16.5. The smallest absolute Gasteiger partial charge is 0.308 e. The molecule has 1 fully saturated rings. The maximum absolute atomic E-state index is 12.9. The molecule has 8 heteroatoms. The van der Waals surface area contributed by atoms with Crippen LogP contribution in [0.2, 0.25) is 0 Å². The second-order valence-electron chi connectivity index (χ2n) is 9.31. The van der Waals surface area contributed by atoms with E-state index < -0.39 is 0 Å². The fourth-order valence-electron chi connectivity index (χ4n) is 4.34. The van der Waals surface area contributed by atoms with Crippen LogP contribution in [0.15, 0.2) is 0 Å². The predicted molar refractivity (Wildman–Crippen MR) is 111 cm³/mol. The van der Waals surface area contributed by atoms with E-state index in [1.807, 2.05) is 11.6 Å². The Balaban J connectivity index is 1.82. The van der Waals surface area contributed by atoms with Crippen molar-refractivity contribution in [1.29, 1.82) is 0 Å². The lowest BCUT2D eigenvalue weighted by Crippen LogP contribution is -2.40. The number of methoxy groups -OCH3 is 1. The Hall–Kier alpha value is -1.93. The maximum Gasteiger partial charge on any atom is 0.308 e. The fraction of sp³-hybridized carbons (Fsp3) is 0.773. The average molecular weight is 422 g/mol. The Kier molecular flexibility index (Phi) is 7.18. The average Bonchev–Trinajstić information content (AvgIpc) is 2.98. The molecule has 1 N–H and O–H groups in total. The van der Waals surface area contributed by atoms with Crippen molar-refractivity contribution in [2.75, 3.05) is 40.1 Å². The van der Waals surface area contributed by atoms with Gasteiger partial charge in [0.1, 0.15) is 5.69 Å². The molecule has 0 atom stereocenters. The van der Waals surface area contributed by atoms with Crippen LogP contribution in [0.25, 0.3) is 0 Å². The van der Waals surface area contributed by atoms with Crippen LogP contribution in [-0.4, -0.2) is 61.7 Å². The maximum atomic E-state index is 12.9. The molecule has 1 aromatic heterocycles. The van der Waals surface area contributed by atoms with Gasteiger partial charge in [-0.2, -0.15) is 5.10 Å². The Labute approximate surface area is 178 Å². The minimum atomic E-state index is -0.297. The van der Waals surface area contributed by atoms with E-state index in [1.165, 1.54) is 0 Å². The number of nitrogens with one attached hydrogen (secondary N) is 1. The number of aryl methyl sites for hydroxylation is 1. The van der Waals surface area contributed by atoms with Gasteiger partial charge in [0.2, 0.25) is 0 Å². The highest BCUT2D eigenvalue weighted by molar-refractivity contribution is 5.94. The molecule has 3 heterocycles. The third kappa shape index (κ3) is 5.21. The molecule has 1 spiro atoms. The standard InChI is InChI=1S/C22H35N3O5/c1-5-25-19-16(12-22(14-23-20(19)27)7-10-29-11-8-22)17(24-25)13-21(2,3)15-30-18(26)6-9-28-4/h5-15H2,1-4H3,(H,23,27). The molecule has 0 radical (unpaired) electrons. The molecule has 8 nitrogen and oxygen atoms in total. The lowest BCUT2D eigenvalue weighted by Gasteiger charge is -2.36. The first kappa shape index (κ1) is 22.7. The van der Waals surface area contributed by atoms with Crippen molar-refractivity contribution in [3.8, 4) is 0 Å². The quantitative estimate of drug-likeness (QED) is 0.647. The zero-order valence-corrected chi connectivity index (χ0v) is 18.7. The lowest BCUT2D eigenvalue weighted by atomic mass is 9.74. The van der Waals surface area contributed by atoms with E-state index in [0.717, 1.165) is 43.7 Å². The van der Waals surface area contributed by atoms with Gasteiger partial charge >= 0.3 is 5.97 Å². The zero-order valence-electron chi connectivity index (χ0n) is 18.7. The summed E-state index contributed by atoms with van der Waals surface area (Å²) in [6.45, 7) is 9.55. The van der Waals surface area contributed by atoms with E-state index in [2.05, 4.69) is 19.2 Å². The van der Waals surface area contributed by atoms with Crippen molar-refractivity contribution >= 4 is 11.9 Å². The Morgan fingerprint density at radius 1 is 1.33 bits per heavy atom. The highest BCUT2D eigenvalue weighted by Gasteiger charge is 2.40. The minimum Gasteiger partial charge on any atom is -0.465 e. The molecular formula is C22H35N3O5. The van der Waals surface area contributed by atoms with Crippen LogP contribution in [0.4, 0.5) is 0 Å². The molecule has 0 aromatic carbocycles. The number of carbonyl (C=O) groups is 2. The third-order valence-corrected chi connectivity index (χ3v) is 6.16. The number of hydrogen-bond donors (Lipinski definition) is 1. The topological polar surface area (TPSA) is 91.7 Å². The molecule has 3 rings (SSSR count). The van der Waals surface area contributed by atoms with Gasteiger partial charge in [0.15, 0.2) is 0 Å². The number of aromatic nitrogens is 2. The molecular weight excluding hydrogens is 386 g/mol. The number of ether oxygens (including phenoxy) is 3. The van der Waals surface area contributed by atoms with Gasteiger partial charge in [0.25, 0.3) is 5.91 Å². The van der Waals surface area contributed by atoms with Gasteiger partial charge in [0.05, 0.1) is 25.3 Å². The van der Waals surface area contributed by atoms with Crippen molar-refractivity contribution in [3.63, 3.8) is 0 Å². The molecule has 2 aliphatic rings. The number of carbonyl (C=O) groups excluding carboxylic acids is 2. The van der Waals surface area contributed by atoms with Crippen molar-refractivity contribution in [2.45, 2.75) is 59.4 Å². The Bertz CT molecular complexity index is 765. The normalized spacial score (nSPS) is 18.6. The first-order valence-electron chi connectivity index (χ1n) is 10.9.